The van der Waals surface area contributed by atoms with Crippen molar-refractivity contribution >= 4 is 47.4 Å². The highest BCUT2D eigenvalue weighted by atomic mass is 127. The van der Waals surface area contributed by atoms with Gasteiger partial charge in [0.15, 0.2) is 5.96 Å². The quantitative estimate of drug-likeness (QED) is 0.312. The molecule has 0 atom stereocenters. The Labute approximate surface area is 194 Å². The number of likely N-dealkylation sites (N-methyl/N-ethyl adjacent to an activating group) is 1. The Bertz CT molecular complexity index is 801. The summed E-state index contributed by atoms with van der Waals surface area (Å²) in [4.78, 5) is 18.0. The molecule has 0 fully saturated rings. The van der Waals surface area contributed by atoms with Crippen LogP contribution in [0.2, 0.25) is 5.02 Å². The average Bonchev–Trinajstić information content (AvgIpc) is 2.70. The smallest absolute Gasteiger partial charge is 0.241 e. The van der Waals surface area contributed by atoms with Gasteiger partial charge in [-0.25, -0.2) is 4.99 Å². The third-order valence-corrected chi connectivity index (χ3v) is 4.39. The highest BCUT2D eigenvalue weighted by molar-refractivity contribution is 14.0. The van der Waals surface area contributed by atoms with Gasteiger partial charge in [-0.1, -0.05) is 48.0 Å². The summed E-state index contributed by atoms with van der Waals surface area (Å²) in [5.74, 6) is 1.19. The Balaban J connectivity index is 0.00000420. The van der Waals surface area contributed by atoms with Gasteiger partial charge in [0.2, 0.25) is 5.91 Å². The number of methoxy groups -OCH3 is 1. The first-order chi connectivity index (χ1) is 13.5. The third-order valence-electron chi connectivity index (χ3n) is 4.09. The molecule has 0 heterocycles. The highest BCUT2D eigenvalue weighted by Crippen LogP contribution is 2.25. The minimum absolute atomic E-state index is 0. The zero-order valence-corrected chi connectivity index (χ0v) is 20.0. The molecule has 1 amide bonds. The second-order valence-corrected chi connectivity index (χ2v) is 6.85. The van der Waals surface area contributed by atoms with Gasteiger partial charge in [-0.05, 0) is 29.7 Å². The van der Waals surface area contributed by atoms with Crippen LogP contribution in [0.3, 0.4) is 0 Å². The number of carbonyl (C=O) groups excluding carboxylic acids is 1. The predicted molar refractivity (Wildman–Crippen MR) is 129 cm³/mol. The van der Waals surface area contributed by atoms with Crippen LogP contribution >= 0.6 is 35.6 Å². The van der Waals surface area contributed by atoms with E-state index in [9.17, 15) is 4.79 Å². The van der Waals surface area contributed by atoms with Gasteiger partial charge in [-0.3, -0.25) is 4.79 Å². The van der Waals surface area contributed by atoms with Crippen LogP contribution in [0, 0.1) is 0 Å². The standard InChI is InChI=1S/C21H27ClN4O2.HI/c1-26(2)20(27)15-25-21(23-12-11-16-7-5-4-6-8-16)24-14-17-9-10-19(28-3)18(22)13-17;/h4-10,13H,11-12,14-15H2,1-3H3,(H2,23,24,25);1H. The molecule has 0 bridgehead atoms. The van der Waals surface area contributed by atoms with Crippen molar-refractivity contribution in [2.45, 2.75) is 13.0 Å². The van der Waals surface area contributed by atoms with Crippen LogP contribution in [0.5, 0.6) is 5.75 Å². The number of ether oxygens (including phenoxy) is 1. The van der Waals surface area contributed by atoms with Crippen LogP contribution in [-0.2, 0) is 17.8 Å². The number of aliphatic imine (C=N–C) groups is 1. The van der Waals surface area contributed by atoms with Crippen LogP contribution in [0.15, 0.2) is 53.5 Å². The summed E-state index contributed by atoms with van der Waals surface area (Å²) in [6, 6.07) is 15.8. The fraction of sp³-hybridized carbons (Fsp3) is 0.333. The summed E-state index contributed by atoms with van der Waals surface area (Å²) < 4.78 is 5.17. The maximum atomic E-state index is 11.9. The van der Waals surface area contributed by atoms with Crippen LogP contribution in [0.1, 0.15) is 11.1 Å². The largest absolute Gasteiger partial charge is 0.495 e. The lowest BCUT2D eigenvalue weighted by molar-refractivity contribution is -0.127. The van der Waals surface area contributed by atoms with Gasteiger partial charge < -0.3 is 20.3 Å². The molecule has 0 aliphatic rings. The maximum Gasteiger partial charge on any atom is 0.241 e. The molecule has 0 aliphatic heterocycles. The van der Waals surface area contributed by atoms with Gasteiger partial charge in [0.05, 0.1) is 25.2 Å². The lowest BCUT2D eigenvalue weighted by Crippen LogP contribution is -2.43. The molecule has 0 saturated heterocycles. The molecule has 2 N–H and O–H groups in total. The molecule has 29 heavy (non-hydrogen) atoms. The number of nitrogens with one attached hydrogen (secondary N) is 2. The van der Waals surface area contributed by atoms with Crippen LogP contribution < -0.4 is 15.4 Å². The second-order valence-electron chi connectivity index (χ2n) is 6.44. The Kier molecular flexibility index (Phi) is 11.5. The Morgan fingerprint density at radius 3 is 2.45 bits per heavy atom. The Morgan fingerprint density at radius 2 is 1.83 bits per heavy atom. The Hall–Kier alpha value is -2.00. The molecule has 158 valence electrons. The number of rotatable bonds is 8. The number of carbonyl (C=O) groups is 1. The SMILES string of the molecule is COc1ccc(CN=C(NCCc2ccccc2)NCC(=O)N(C)C)cc1Cl.I. The van der Waals surface area contributed by atoms with E-state index >= 15 is 0 Å². The lowest BCUT2D eigenvalue weighted by Gasteiger charge is -2.15. The minimum Gasteiger partial charge on any atom is -0.495 e. The van der Waals surface area contributed by atoms with Gasteiger partial charge in [0, 0.05) is 20.6 Å². The summed E-state index contributed by atoms with van der Waals surface area (Å²) in [6.45, 7) is 1.31. The van der Waals surface area contributed by atoms with Crippen LogP contribution in [0.4, 0.5) is 0 Å². The number of amides is 1. The number of hydrogen-bond donors (Lipinski definition) is 2. The number of hydrogen-bond acceptors (Lipinski definition) is 3. The molecule has 2 rings (SSSR count). The summed E-state index contributed by atoms with van der Waals surface area (Å²) in [5, 5.41) is 6.91. The van der Waals surface area contributed by atoms with Crippen molar-refractivity contribution in [1.29, 1.82) is 0 Å². The normalized spacial score (nSPS) is 10.7. The van der Waals surface area contributed by atoms with E-state index in [1.165, 1.54) is 10.5 Å². The molecule has 8 heteroatoms. The lowest BCUT2D eigenvalue weighted by atomic mass is 10.1. The molecule has 2 aromatic carbocycles. The molecule has 2 aromatic rings. The molecule has 0 saturated carbocycles. The fourth-order valence-corrected chi connectivity index (χ4v) is 2.72. The molecular weight excluding hydrogens is 503 g/mol. The van der Waals surface area contributed by atoms with Gasteiger partial charge in [-0.2, -0.15) is 0 Å². The highest BCUT2D eigenvalue weighted by Gasteiger charge is 2.07. The van der Waals surface area contributed by atoms with E-state index in [0.717, 1.165) is 12.0 Å². The van der Waals surface area contributed by atoms with E-state index in [-0.39, 0.29) is 36.4 Å². The van der Waals surface area contributed by atoms with E-state index in [1.54, 1.807) is 21.2 Å². The zero-order chi connectivity index (χ0) is 20.4. The number of benzene rings is 2. The number of guanidine groups is 1. The second kappa shape index (κ2) is 13.3. The van der Waals surface area contributed by atoms with Crippen molar-refractivity contribution in [3.63, 3.8) is 0 Å². The first kappa shape index (κ1) is 25.0. The Morgan fingerprint density at radius 1 is 1.10 bits per heavy atom. The molecule has 6 nitrogen and oxygen atoms in total. The summed E-state index contributed by atoms with van der Waals surface area (Å²) in [5.41, 5.74) is 2.19. The molecular formula is C21H28ClIN4O2. The zero-order valence-electron chi connectivity index (χ0n) is 16.9. The van der Waals surface area contributed by atoms with E-state index < -0.39 is 0 Å². The van der Waals surface area contributed by atoms with E-state index in [0.29, 0.717) is 29.8 Å². The first-order valence-corrected chi connectivity index (χ1v) is 9.46. The number of nitrogens with zero attached hydrogens (tertiary/aromatic N) is 2. The summed E-state index contributed by atoms with van der Waals surface area (Å²) >= 11 is 6.18. The van der Waals surface area contributed by atoms with Crippen molar-refractivity contribution in [2.24, 2.45) is 4.99 Å². The maximum absolute atomic E-state index is 11.9. The predicted octanol–water partition coefficient (Wildman–Crippen LogP) is 3.33. The van der Waals surface area contributed by atoms with Gasteiger partial charge >= 0.3 is 0 Å². The molecule has 0 aromatic heterocycles. The van der Waals surface area contributed by atoms with Crippen molar-refractivity contribution in [1.82, 2.24) is 15.5 Å². The topological polar surface area (TPSA) is 66.0 Å². The van der Waals surface area contributed by atoms with Gasteiger partial charge in [-0.15, -0.1) is 24.0 Å². The molecule has 0 radical (unpaired) electrons. The van der Waals surface area contributed by atoms with Gasteiger partial charge in [0.1, 0.15) is 5.75 Å². The average molecular weight is 531 g/mol. The fourth-order valence-electron chi connectivity index (χ4n) is 2.44. The first-order valence-electron chi connectivity index (χ1n) is 9.08. The van der Waals surface area contributed by atoms with Crippen LogP contribution in [0.25, 0.3) is 0 Å². The van der Waals surface area contributed by atoms with Crippen molar-refractivity contribution in [3.8, 4) is 5.75 Å². The summed E-state index contributed by atoms with van der Waals surface area (Å²) in [6.07, 6.45) is 0.859. The molecule has 0 spiro atoms. The van der Waals surface area contributed by atoms with E-state index in [4.69, 9.17) is 16.3 Å². The monoisotopic (exact) mass is 530 g/mol. The van der Waals surface area contributed by atoms with Crippen molar-refractivity contribution < 1.29 is 9.53 Å². The molecule has 0 aliphatic carbocycles. The summed E-state index contributed by atoms with van der Waals surface area (Å²) in [7, 11) is 5.03. The van der Waals surface area contributed by atoms with E-state index in [2.05, 4.69) is 27.8 Å². The third kappa shape index (κ3) is 8.91. The minimum atomic E-state index is -0.0231. The van der Waals surface area contributed by atoms with Gasteiger partial charge in [0.25, 0.3) is 0 Å². The van der Waals surface area contributed by atoms with E-state index in [1.807, 2.05) is 36.4 Å². The van der Waals surface area contributed by atoms with Crippen LogP contribution in [-0.4, -0.2) is 51.1 Å². The molecule has 0 unspecified atom stereocenters. The van der Waals surface area contributed by atoms with Crippen molar-refractivity contribution in [3.05, 3.63) is 64.7 Å². The van der Waals surface area contributed by atoms with Crippen molar-refractivity contribution in [2.75, 3.05) is 34.3 Å². The number of halogens is 2.